The summed E-state index contributed by atoms with van der Waals surface area (Å²) in [6.45, 7) is 4.59. The maximum atomic E-state index is 5.71. The number of rotatable bonds is 8. The second-order valence-electron chi connectivity index (χ2n) is 18.0. The molecule has 0 unspecified atom stereocenters. The van der Waals surface area contributed by atoms with Gasteiger partial charge in [-0.2, -0.15) is 0 Å². The third-order valence-electron chi connectivity index (χ3n) is 13.8. The molecule has 0 atom stereocenters. The first kappa shape index (κ1) is 42.2. The summed E-state index contributed by atoms with van der Waals surface area (Å²) in [6, 6.07) is 75.0. The Morgan fingerprint density at radius 1 is 0.493 bits per heavy atom. The van der Waals surface area contributed by atoms with Crippen molar-refractivity contribution in [3.8, 4) is 56.3 Å². The molecule has 5 aromatic heterocycles. The predicted molar refractivity (Wildman–Crippen MR) is 278 cm³/mol. The Kier molecular flexibility index (Phi) is 10.3. The second-order valence-corrected chi connectivity index (χ2v) is 18.0. The number of aromatic nitrogens is 6. The van der Waals surface area contributed by atoms with Crippen LogP contribution in [0.1, 0.15) is 25.0 Å². The first-order chi connectivity index (χ1) is 33.5. The molecule has 69 heavy (non-hydrogen) atoms. The van der Waals surface area contributed by atoms with E-state index in [4.69, 9.17) is 15.0 Å². The number of para-hydroxylation sites is 2. The van der Waals surface area contributed by atoms with Crippen LogP contribution in [0.4, 0.5) is 0 Å². The smallest absolute Gasteiger partial charge is 0.656 e. The number of nitrogens with zero attached hydrogens (tertiary/aromatic N) is 6. The molecule has 6 nitrogen and oxygen atoms in total. The maximum Gasteiger partial charge on any atom is 2.00 e. The Morgan fingerprint density at radius 3 is 2.00 bits per heavy atom. The van der Waals surface area contributed by atoms with E-state index in [0.717, 1.165) is 105 Å². The molecule has 0 aliphatic carbocycles. The van der Waals surface area contributed by atoms with Crippen LogP contribution >= 0.6 is 0 Å². The van der Waals surface area contributed by atoms with Crippen LogP contribution in [0.2, 0.25) is 0 Å². The van der Waals surface area contributed by atoms with Gasteiger partial charge in [0.25, 0.3) is 0 Å². The summed E-state index contributed by atoms with van der Waals surface area (Å²) in [5.74, 6) is 1.64. The first-order valence-electron chi connectivity index (χ1n) is 23.0. The molecular weight excluding hydrogens is 1020 g/mol. The van der Waals surface area contributed by atoms with Gasteiger partial charge in [-0.1, -0.05) is 164 Å². The number of benzene rings is 8. The van der Waals surface area contributed by atoms with Crippen LogP contribution in [-0.4, -0.2) is 24.1 Å². The Morgan fingerprint density at radius 2 is 1.20 bits per heavy atom. The van der Waals surface area contributed by atoms with Crippen molar-refractivity contribution in [2.24, 2.45) is 0 Å². The van der Waals surface area contributed by atoms with Crippen LogP contribution in [0.25, 0.3) is 111 Å². The molecule has 330 valence electrons. The molecule has 0 spiro atoms. The van der Waals surface area contributed by atoms with Crippen molar-refractivity contribution in [1.29, 1.82) is 0 Å². The van der Waals surface area contributed by atoms with Crippen molar-refractivity contribution in [2.75, 3.05) is 0 Å². The van der Waals surface area contributed by atoms with Gasteiger partial charge in [-0.25, -0.2) is 9.97 Å². The summed E-state index contributed by atoms with van der Waals surface area (Å²) < 4.78 is 4.58. The zero-order valence-corrected chi connectivity index (χ0v) is 40.1. The molecule has 0 N–H and O–H groups in total. The summed E-state index contributed by atoms with van der Waals surface area (Å²) in [7, 11) is 0. The molecule has 0 saturated heterocycles. The molecule has 0 amide bonds. The normalized spacial score (nSPS) is 11.8. The van der Waals surface area contributed by atoms with Crippen LogP contribution in [-0.2, 0) is 26.5 Å². The molecular formula is C62H42N6Pt. The van der Waals surface area contributed by atoms with Crippen LogP contribution in [0.3, 0.4) is 0 Å². The minimum atomic E-state index is -0.234. The monoisotopic (exact) mass is 1070 g/mol. The Bertz CT molecular complexity index is 4020. The fraction of sp³-hybridized carbons (Fsp3) is 0.0484. The summed E-state index contributed by atoms with van der Waals surface area (Å²) >= 11 is 0. The summed E-state index contributed by atoms with van der Waals surface area (Å²) in [5.41, 5.74) is 16.3. The second kappa shape index (κ2) is 16.9. The SMILES string of the molecule is CC(C)(c1ccccc1)c1ccc2c3ccc(-c4cc(-c5ccncc5)cc5c4nc(-c4cccc6c4[n-]c4ccccc46)n5-c4ccc(-c5ccccc5)cc4)[c-]c3n(-c3ccccn3)c2c1.[Pt+2]. The van der Waals surface area contributed by atoms with E-state index in [1.54, 1.807) is 0 Å². The zero-order valence-electron chi connectivity index (χ0n) is 37.8. The molecule has 13 aromatic rings. The Balaban J connectivity index is 0.00000492. The van der Waals surface area contributed by atoms with Crippen molar-refractivity contribution in [3.05, 3.63) is 236 Å². The van der Waals surface area contributed by atoms with Gasteiger partial charge in [-0.05, 0) is 104 Å². The number of hydrogen-bond donors (Lipinski definition) is 0. The average Bonchev–Trinajstić information content (AvgIpc) is 4.09. The number of hydrogen-bond acceptors (Lipinski definition) is 3. The van der Waals surface area contributed by atoms with E-state index < -0.39 is 0 Å². The molecule has 8 aromatic carbocycles. The van der Waals surface area contributed by atoms with Crippen molar-refractivity contribution in [1.82, 2.24) is 29.1 Å². The Hall–Kier alpha value is -8.18. The van der Waals surface area contributed by atoms with Gasteiger partial charge in [0.05, 0.1) is 11.0 Å². The van der Waals surface area contributed by atoms with E-state index in [-0.39, 0.29) is 26.5 Å². The van der Waals surface area contributed by atoms with Gasteiger partial charge in [0.1, 0.15) is 11.6 Å². The van der Waals surface area contributed by atoms with Gasteiger partial charge in [-0.15, -0.1) is 34.8 Å². The fourth-order valence-corrected chi connectivity index (χ4v) is 10.2. The molecule has 0 bridgehead atoms. The van der Waals surface area contributed by atoms with Crippen molar-refractivity contribution in [2.45, 2.75) is 19.3 Å². The molecule has 7 heteroatoms. The molecule has 0 saturated carbocycles. The third kappa shape index (κ3) is 7.02. The number of fused-ring (bicyclic) bond motifs is 7. The van der Waals surface area contributed by atoms with E-state index in [2.05, 4.69) is 228 Å². The van der Waals surface area contributed by atoms with Crippen molar-refractivity contribution < 1.29 is 21.1 Å². The molecule has 5 heterocycles. The first-order valence-corrected chi connectivity index (χ1v) is 23.0. The average molecular weight is 1070 g/mol. The predicted octanol–water partition coefficient (Wildman–Crippen LogP) is 15.0. The van der Waals surface area contributed by atoms with Crippen LogP contribution in [0.15, 0.2) is 219 Å². The number of imidazole rings is 1. The minimum Gasteiger partial charge on any atom is -0.656 e. The van der Waals surface area contributed by atoms with Crippen molar-refractivity contribution >= 4 is 54.6 Å². The van der Waals surface area contributed by atoms with Crippen molar-refractivity contribution in [3.63, 3.8) is 0 Å². The third-order valence-corrected chi connectivity index (χ3v) is 13.8. The minimum absolute atomic E-state index is 0. The van der Waals surface area contributed by atoms with E-state index >= 15 is 0 Å². The quantitative estimate of drug-likeness (QED) is 0.142. The molecule has 0 aliphatic rings. The largest absolute Gasteiger partial charge is 2.00 e. The topological polar surface area (TPSA) is 62.6 Å². The Labute approximate surface area is 413 Å². The summed E-state index contributed by atoms with van der Waals surface area (Å²) in [5, 5.41) is 4.47. The van der Waals surface area contributed by atoms with Gasteiger partial charge in [0, 0.05) is 40.8 Å². The summed E-state index contributed by atoms with van der Waals surface area (Å²) in [4.78, 5) is 20.3. The fourth-order valence-electron chi connectivity index (χ4n) is 10.2. The van der Waals surface area contributed by atoms with E-state index in [1.165, 1.54) is 16.7 Å². The number of pyridine rings is 2. The molecule has 0 fully saturated rings. The van der Waals surface area contributed by atoms with Crippen LogP contribution < -0.4 is 4.98 Å². The van der Waals surface area contributed by atoms with Gasteiger partial charge in [-0.3, -0.25) is 9.55 Å². The van der Waals surface area contributed by atoms with Crippen LogP contribution in [0, 0.1) is 6.07 Å². The van der Waals surface area contributed by atoms with Gasteiger partial charge in [0.15, 0.2) is 0 Å². The van der Waals surface area contributed by atoms with E-state index in [1.807, 2.05) is 24.7 Å². The van der Waals surface area contributed by atoms with Crippen LogP contribution in [0.5, 0.6) is 0 Å². The van der Waals surface area contributed by atoms with Gasteiger partial charge < -0.3 is 9.55 Å². The molecule has 0 radical (unpaired) electrons. The summed E-state index contributed by atoms with van der Waals surface area (Å²) in [6.07, 6.45) is 5.57. The zero-order chi connectivity index (χ0) is 45.3. The van der Waals surface area contributed by atoms with Gasteiger partial charge in [0.2, 0.25) is 0 Å². The maximum absolute atomic E-state index is 5.71. The van der Waals surface area contributed by atoms with E-state index in [9.17, 15) is 0 Å². The standard InChI is InChI=1S/C62H42N6.Pt/c1-62(2,45-16-7-4-8-17-45)46-26-30-50-49-29-25-43(37-55(49)68(56(50)39-46)58-22-11-12-33-64-58)53-36-44(42-31-34-63-35-32-42)38-57-60(53)66-61(52-20-13-19-51-48-18-9-10-21-54(48)65-59(51)52)67(57)47-27-23-41(24-28-47)40-14-5-3-6-15-40;/h3-36,38-39H,1-2H3;/q-2;+2. The van der Waals surface area contributed by atoms with E-state index in [0.29, 0.717) is 0 Å². The molecule has 0 aliphatic heterocycles. The molecule has 13 rings (SSSR count). The van der Waals surface area contributed by atoms with Gasteiger partial charge >= 0.3 is 21.1 Å².